The van der Waals surface area contributed by atoms with E-state index in [0.717, 1.165) is 26.2 Å². The maximum absolute atomic E-state index is 2.42. The van der Waals surface area contributed by atoms with E-state index in [4.69, 9.17) is 0 Å². The van der Waals surface area contributed by atoms with Crippen LogP contribution >= 0.6 is 0 Å². The summed E-state index contributed by atoms with van der Waals surface area (Å²) >= 11 is 0. The molecule has 0 aromatic heterocycles. The molecule has 0 heterocycles. The Morgan fingerprint density at radius 3 is 2.00 bits per heavy atom. The summed E-state index contributed by atoms with van der Waals surface area (Å²) in [7, 11) is 2.19. The van der Waals surface area contributed by atoms with E-state index in [-0.39, 0.29) is 0 Å². The van der Waals surface area contributed by atoms with Gasteiger partial charge in [-0.05, 0) is 31.7 Å². The highest BCUT2D eigenvalue weighted by molar-refractivity contribution is 5.45. The molecule has 0 spiro atoms. The summed E-state index contributed by atoms with van der Waals surface area (Å²) in [5.41, 5.74) is 2.68. The van der Waals surface area contributed by atoms with Gasteiger partial charge < -0.3 is 9.80 Å². The lowest BCUT2D eigenvalue weighted by Crippen LogP contribution is -2.32. The minimum atomic E-state index is 1.01. The molecule has 0 saturated carbocycles. The fourth-order valence-electron chi connectivity index (χ4n) is 2.37. The predicted molar refractivity (Wildman–Crippen MR) is 87.1 cm³/mol. The minimum absolute atomic E-state index is 1.01. The van der Waals surface area contributed by atoms with Gasteiger partial charge in [0.05, 0.1) is 0 Å². The van der Waals surface area contributed by atoms with Gasteiger partial charge in [-0.1, -0.05) is 48.5 Å². The van der Waals surface area contributed by atoms with Gasteiger partial charge in [0.25, 0.3) is 0 Å². The van der Waals surface area contributed by atoms with Gasteiger partial charge in [0.2, 0.25) is 0 Å². The van der Waals surface area contributed by atoms with E-state index in [9.17, 15) is 0 Å². The molecule has 2 aromatic carbocycles. The van der Waals surface area contributed by atoms with Crippen LogP contribution in [0, 0.1) is 0 Å². The van der Waals surface area contributed by atoms with Crippen LogP contribution in [0.15, 0.2) is 60.7 Å². The van der Waals surface area contributed by atoms with Crippen molar-refractivity contribution in [3.05, 3.63) is 66.2 Å². The van der Waals surface area contributed by atoms with Crippen molar-refractivity contribution in [1.82, 2.24) is 4.90 Å². The molecule has 106 valence electrons. The number of nitrogens with zero attached hydrogens (tertiary/aromatic N) is 2. The normalized spacial score (nSPS) is 10.8. The summed E-state index contributed by atoms with van der Waals surface area (Å²) in [6.07, 6.45) is 0. The molecule has 0 N–H and O–H groups in total. The van der Waals surface area contributed by atoms with E-state index >= 15 is 0 Å². The topological polar surface area (TPSA) is 6.48 Å². The highest BCUT2D eigenvalue weighted by atomic mass is 15.2. The molecule has 0 saturated heterocycles. The van der Waals surface area contributed by atoms with Crippen LogP contribution in [0.5, 0.6) is 0 Å². The summed E-state index contributed by atoms with van der Waals surface area (Å²) in [5.74, 6) is 0. The third kappa shape index (κ3) is 4.39. The average Bonchev–Trinajstić information content (AvgIpc) is 2.50. The number of likely N-dealkylation sites (N-methyl/N-ethyl adjacent to an activating group) is 2. The SMILES string of the molecule is CCN(CCN(C)Cc1ccccc1)c1ccccc1. The molecule has 2 aromatic rings. The molecule has 0 unspecified atom stereocenters. The Kier molecular flexibility index (Phi) is 5.63. The number of hydrogen-bond donors (Lipinski definition) is 0. The molecule has 2 heteroatoms. The number of anilines is 1. The third-order valence-electron chi connectivity index (χ3n) is 3.55. The summed E-state index contributed by atoms with van der Waals surface area (Å²) in [5, 5.41) is 0. The lowest BCUT2D eigenvalue weighted by molar-refractivity contribution is 0.333. The second kappa shape index (κ2) is 7.71. The highest BCUT2D eigenvalue weighted by Gasteiger charge is 2.05. The zero-order valence-corrected chi connectivity index (χ0v) is 12.5. The Bertz CT molecular complexity index is 481. The van der Waals surface area contributed by atoms with Crippen molar-refractivity contribution in [3.63, 3.8) is 0 Å². The van der Waals surface area contributed by atoms with Crippen LogP contribution in [0.25, 0.3) is 0 Å². The number of benzene rings is 2. The van der Waals surface area contributed by atoms with Crippen molar-refractivity contribution in [2.75, 3.05) is 31.6 Å². The molecular weight excluding hydrogens is 244 g/mol. The molecule has 0 amide bonds. The second-order valence-electron chi connectivity index (χ2n) is 5.14. The van der Waals surface area contributed by atoms with Crippen LogP contribution < -0.4 is 4.90 Å². The van der Waals surface area contributed by atoms with E-state index in [1.807, 2.05) is 0 Å². The molecule has 0 bridgehead atoms. The monoisotopic (exact) mass is 268 g/mol. The van der Waals surface area contributed by atoms with E-state index in [2.05, 4.69) is 84.4 Å². The van der Waals surface area contributed by atoms with Gasteiger partial charge in [0, 0.05) is 31.9 Å². The maximum Gasteiger partial charge on any atom is 0.0366 e. The largest absolute Gasteiger partial charge is 0.371 e. The molecule has 0 atom stereocenters. The van der Waals surface area contributed by atoms with Gasteiger partial charge >= 0.3 is 0 Å². The Balaban J connectivity index is 1.84. The summed E-state index contributed by atoms with van der Waals surface area (Å²) in [6, 6.07) is 21.3. The summed E-state index contributed by atoms with van der Waals surface area (Å²) in [6.45, 7) is 6.39. The van der Waals surface area contributed by atoms with Gasteiger partial charge in [-0.15, -0.1) is 0 Å². The van der Waals surface area contributed by atoms with E-state index in [1.54, 1.807) is 0 Å². The van der Waals surface area contributed by atoms with E-state index in [1.165, 1.54) is 11.3 Å². The zero-order valence-electron chi connectivity index (χ0n) is 12.5. The third-order valence-corrected chi connectivity index (χ3v) is 3.55. The second-order valence-corrected chi connectivity index (χ2v) is 5.14. The van der Waals surface area contributed by atoms with Crippen LogP contribution in [0.2, 0.25) is 0 Å². The van der Waals surface area contributed by atoms with Crippen LogP contribution in [0.1, 0.15) is 12.5 Å². The highest BCUT2D eigenvalue weighted by Crippen LogP contribution is 2.12. The minimum Gasteiger partial charge on any atom is -0.371 e. The fraction of sp³-hybridized carbons (Fsp3) is 0.333. The van der Waals surface area contributed by atoms with Gasteiger partial charge in [-0.2, -0.15) is 0 Å². The lowest BCUT2D eigenvalue weighted by Gasteiger charge is -2.26. The first kappa shape index (κ1) is 14.6. The number of hydrogen-bond acceptors (Lipinski definition) is 2. The van der Waals surface area contributed by atoms with Crippen LogP contribution in [-0.2, 0) is 6.54 Å². The fourth-order valence-corrected chi connectivity index (χ4v) is 2.37. The molecule has 0 fully saturated rings. The first-order valence-corrected chi connectivity index (χ1v) is 7.32. The molecule has 2 nitrogen and oxygen atoms in total. The van der Waals surface area contributed by atoms with Crippen LogP contribution in [0.4, 0.5) is 5.69 Å². The van der Waals surface area contributed by atoms with Gasteiger partial charge in [-0.3, -0.25) is 0 Å². The van der Waals surface area contributed by atoms with Crippen molar-refractivity contribution >= 4 is 5.69 Å². The molecule has 0 aliphatic heterocycles. The number of para-hydroxylation sites is 1. The molecule has 0 aliphatic carbocycles. The van der Waals surface area contributed by atoms with Crippen molar-refractivity contribution in [2.45, 2.75) is 13.5 Å². The van der Waals surface area contributed by atoms with Crippen molar-refractivity contribution in [1.29, 1.82) is 0 Å². The molecule has 0 aliphatic rings. The predicted octanol–water partition coefficient (Wildman–Crippen LogP) is 3.64. The molecular formula is C18H24N2. The quantitative estimate of drug-likeness (QED) is 0.756. The van der Waals surface area contributed by atoms with Crippen molar-refractivity contribution in [2.24, 2.45) is 0 Å². The Hall–Kier alpha value is -1.80. The number of rotatable bonds is 7. The van der Waals surface area contributed by atoms with Gasteiger partial charge in [0.15, 0.2) is 0 Å². The van der Waals surface area contributed by atoms with Crippen LogP contribution in [-0.4, -0.2) is 31.6 Å². The van der Waals surface area contributed by atoms with Crippen LogP contribution in [0.3, 0.4) is 0 Å². The maximum atomic E-state index is 2.42. The zero-order chi connectivity index (χ0) is 14.2. The molecule has 2 rings (SSSR count). The Morgan fingerprint density at radius 2 is 1.40 bits per heavy atom. The van der Waals surface area contributed by atoms with Gasteiger partial charge in [-0.25, -0.2) is 0 Å². The van der Waals surface area contributed by atoms with E-state index < -0.39 is 0 Å². The first-order valence-electron chi connectivity index (χ1n) is 7.32. The summed E-state index contributed by atoms with van der Waals surface area (Å²) in [4.78, 5) is 4.79. The summed E-state index contributed by atoms with van der Waals surface area (Å²) < 4.78 is 0. The Morgan fingerprint density at radius 1 is 0.800 bits per heavy atom. The lowest BCUT2D eigenvalue weighted by atomic mass is 10.2. The standard InChI is InChI=1S/C18H24N2/c1-3-20(18-12-8-5-9-13-18)15-14-19(2)16-17-10-6-4-7-11-17/h4-13H,3,14-16H2,1-2H3. The molecule has 0 radical (unpaired) electrons. The van der Waals surface area contributed by atoms with Crippen molar-refractivity contribution in [3.8, 4) is 0 Å². The van der Waals surface area contributed by atoms with Gasteiger partial charge in [0.1, 0.15) is 0 Å². The van der Waals surface area contributed by atoms with E-state index in [0.29, 0.717) is 0 Å². The Labute approximate surface area is 122 Å². The first-order chi connectivity index (χ1) is 9.79. The molecule has 20 heavy (non-hydrogen) atoms. The average molecular weight is 268 g/mol. The smallest absolute Gasteiger partial charge is 0.0366 e. The van der Waals surface area contributed by atoms with Crippen molar-refractivity contribution < 1.29 is 0 Å².